The zero-order valence-corrected chi connectivity index (χ0v) is 31.2. The molecular formula is C37H48N6O9S. The molecule has 4 amide bonds. The van der Waals surface area contributed by atoms with Crippen LogP contribution in [0.4, 0.5) is 4.79 Å². The van der Waals surface area contributed by atoms with E-state index in [-0.39, 0.29) is 31.4 Å². The predicted octanol–water partition coefficient (Wildman–Crippen LogP) is 3.34. The molecule has 3 heterocycles. The van der Waals surface area contributed by atoms with E-state index in [0.29, 0.717) is 54.6 Å². The van der Waals surface area contributed by atoms with Crippen molar-refractivity contribution in [1.29, 1.82) is 0 Å². The standard InChI is InChI=1S/C37H48N6O9S/c1-22-32(39-29-18-25(50-3)14-15-27(29)38-22)51-26-19-30-31(44)41-37(34(46)42-53(48,49)36(2)16-17-36)20-23(37)10-7-5-4-6-8-13-28(33(45)43(30)21-26)40-35(47)52-24-11-9-12-24/h7,10,14-15,18,23-24,26,28,30H,4-6,8-9,11-13,16-17,19-21H2,1-3H3,(H,40,47)(H,41,44)(H,42,46)/b10-7+/t23-,26-,28+,30+,37-/m1/s1. The van der Waals surface area contributed by atoms with Crippen molar-refractivity contribution in [1.82, 2.24) is 30.2 Å². The summed E-state index contributed by atoms with van der Waals surface area (Å²) in [6.07, 6.45) is 9.15. The van der Waals surface area contributed by atoms with Gasteiger partial charge in [0.25, 0.3) is 5.91 Å². The first-order chi connectivity index (χ1) is 25.3. The van der Waals surface area contributed by atoms with Crippen molar-refractivity contribution in [2.45, 2.75) is 125 Å². The van der Waals surface area contributed by atoms with Crippen molar-refractivity contribution in [2.75, 3.05) is 13.7 Å². The van der Waals surface area contributed by atoms with Crippen LogP contribution in [0, 0.1) is 12.8 Å². The first-order valence-electron chi connectivity index (χ1n) is 18.6. The molecule has 0 radical (unpaired) electrons. The molecule has 3 N–H and O–H groups in total. The second kappa shape index (κ2) is 14.4. The van der Waals surface area contributed by atoms with Gasteiger partial charge in [-0.3, -0.25) is 19.1 Å². The first kappa shape index (κ1) is 36.9. The minimum absolute atomic E-state index is 0.0146. The molecule has 1 aromatic carbocycles. The number of methoxy groups -OCH3 is 1. The number of carbonyl (C=O) groups excluding carboxylic acids is 4. The summed E-state index contributed by atoms with van der Waals surface area (Å²) in [5.41, 5.74) is 0.177. The summed E-state index contributed by atoms with van der Waals surface area (Å²) < 4.78 is 44.7. The van der Waals surface area contributed by atoms with Crippen LogP contribution in [-0.2, 0) is 29.1 Å². The molecule has 3 aliphatic carbocycles. The Morgan fingerprint density at radius 1 is 1.02 bits per heavy atom. The molecule has 0 spiro atoms. The predicted molar refractivity (Wildman–Crippen MR) is 192 cm³/mol. The highest BCUT2D eigenvalue weighted by Crippen LogP contribution is 2.47. The number of nitrogens with one attached hydrogen (secondary N) is 3. The lowest BCUT2D eigenvalue weighted by atomic mass is 9.96. The van der Waals surface area contributed by atoms with Crippen molar-refractivity contribution in [2.24, 2.45) is 5.92 Å². The number of carbonyl (C=O) groups is 4. The largest absolute Gasteiger partial charge is 0.497 e. The van der Waals surface area contributed by atoms with Gasteiger partial charge in [-0.05, 0) is 83.8 Å². The normalized spacial score (nSPS) is 29.2. The van der Waals surface area contributed by atoms with E-state index in [9.17, 15) is 27.6 Å². The fourth-order valence-corrected chi connectivity index (χ4v) is 8.58. The Bertz CT molecular complexity index is 1930. The highest BCUT2D eigenvalue weighted by atomic mass is 32.2. The van der Waals surface area contributed by atoms with E-state index in [0.717, 1.165) is 32.1 Å². The lowest BCUT2D eigenvalue weighted by Gasteiger charge is -2.31. The van der Waals surface area contributed by atoms with E-state index in [1.54, 1.807) is 39.2 Å². The monoisotopic (exact) mass is 752 g/mol. The Balaban J connectivity index is 1.18. The van der Waals surface area contributed by atoms with Gasteiger partial charge < -0.3 is 29.7 Å². The van der Waals surface area contributed by atoms with Gasteiger partial charge in [0, 0.05) is 18.4 Å². The minimum atomic E-state index is -3.98. The second-order valence-corrected chi connectivity index (χ2v) is 17.5. The van der Waals surface area contributed by atoms with E-state index in [1.807, 2.05) is 12.2 Å². The number of hydrogen-bond acceptors (Lipinski definition) is 11. The summed E-state index contributed by atoms with van der Waals surface area (Å²) in [6, 6.07) is 3.23. The van der Waals surface area contributed by atoms with E-state index in [2.05, 4.69) is 25.3 Å². The minimum Gasteiger partial charge on any atom is -0.497 e. The van der Waals surface area contributed by atoms with Gasteiger partial charge >= 0.3 is 6.09 Å². The van der Waals surface area contributed by atoms with Gasteiger partial charge in [-0.1, -0.05) is 25.0 Å². The van der Waals surface area contributed by atoms with Crippen LogP contribution in [0.15, 0.2) is 30.4 Å². The molecule has 1 saturated heterocycles. The number of sulfonamides is 1. The number of allylic oxidation sites excluding steroid dienone is 1. The second-order valence-electron chi connectivity index (χ2n) is 15.3. The van der Waals surface area contributed by atoms with Crippen molar-refractivity contribution in [3.8, 4) is 11.6 Å². The Kier molecular flexibility index (Phi) is 10.0. The maximum absolute atomic E-state index is 14.4. The quantitative estimate of drug-likeness (QED) is 0.335. The smallest absolute Gasteiger partial charge is 0.408 e. The SMILES string of the molecule is COc1ccc2nc(C)c(O[C@@H]3C[C@H]4C(=O)N[C@]5(C(=O)NS(=O)(=O)C6(C)CC6)C[C@H]5/C=C/CCCCC[C@H](NC(=O)OC5CCC5)C(=O)N4C3)nc2c1. The average Bonchev–Trinajstić information content (AvgIpc) is 3.98. The molecule has 5 aliphatic rings. The maximum atomic E-state index is 14.4. The zero-order valence-electron chi connectivity index (χ0n) is 30.4. The summed E-state index contributed by atoms with van der Waals surface area (Å²) in [5, 5.41) is 5.66. The number of alkyl carbamates (subject to hydrolysis) is 1. The molecule has 1 aromatic heterocycles. The molecule has 53 heavy (non-hydrogen) atoms. The van der Waals surface area contributed by atoms with Crippen molar-refractivity contribution in [3.63, 3.8) is 0 Å². The number of fused-ring (bicyclic) bond motifs is 3. The third-order valence-corrected chi connectivity index (χ3v) is 13.5. The molecule has 4 fully saturated rings. The fraction of sp³-hybridized carbons (Fsp3) is 0.622. The number of amides is 4. The number of hydrogen-bond donors (Lipinski definition) is 3. The Labute approximate surface area is 309 Å². The summed E-state index contributed by atoms with van der Waals surface area (Å²) in [7, 11) is -2.43. The maximum Gasteiger partial charge on any atom is 0.408 e. The summed E-state index contributed by atoms with van der Waals surface area (Å²) >= 11 is 0. The van der Waals surface area contributed by atoms with Crippen LogP contribution in [0.1, 0.15) is 89.7 Å². The molecule has 7 rings (SSSR count). The molecule has 15 nitrogen and oxygen atoms in total. The molecule has 16 heteroatoms. The molecule has 5 atom stereocenters. The third kappa shape index (κ3) is 7.64. The van der Waals surface area contributed by atoms with E-state index in [4.69, 9.17) is 14.2 Å². The fourth-order valence-electron chi connectivity index (χ4n) is 7.27. The van der Waals surface area contributed by atoms with Gasteiger partial charge in [0.05, 0.1) is 29.4 Å². The zero-order chi connectivity index (χ0) is 37.5. The highest BCUT2D eigenvalue weighted by molar-refractivity contribution is 7.91. The van der Waals surface area contributed by atoms with Crippen molar-refractivity contribution >= 4 is 44.9 Å². The summed E-state index contributed by atoms with van der Waals surface area (Å²) in [5.74, 6) is -1.50. The number of aromatic nitrogens is 2. The van der Waals surface area contributed by atoms with Crippen LogP contribution in [0.3, 0.4) is 0 Å². The van der Waals surface area contributed by atoms with Crippen LogP contribution in [-0.4, -0.2) is 95.3 Å². The third-order valence-electron chi connectivity index (χ3n) is 11.4. The van der Waals surface area contributed by atoms with Crippen molar-refractivity contribution < 1.29 is 41.8 Å². The van der Waals surface area contributed by atoms with E-state index < -0.39 is 68.2 Å². The number of nitrogens with zero attached hydrogens (tertiary/aromatic N) is 3. The molecule has 0 unspecified atom stereocenters. The Morgan fingerprint density at radius 2 is 1.81 bits per heavy atom. The van der Waals surface area contributed by atoms with E-state index >= 15 is 0 Å². The number of aryl methyl sites for hydroxylation is 1. The van der Waals surface area contributed by atoms with Gasteiger partial charge in [0.2, 0.25) is 27.7 Å². The van der Waals surface area contributed by atoms with Crippen LogP contribution in [0.2, 0.25) is 0 Å². The topological polar surface area (TPSA) is 195 Å². The number of rotatable bonds is 8. The van der Waals surface area contributed by atoms with Crippen LogP contribution in [0.25, 0.3) is 11.0 Å². The summed E-state index contributed by atoms with van der Waals surface area (Å²) in [6.45, 7) is 3.33. The van der Waals surface area contributed by atoms with Gasteiger partial charge in [-0.2, -0.15) is 0 Å². The lowest BCUT2D eigenvalue weighted by molar-refractivity contribution is -0.141. The molecule has 286 valence electrons. The first-order valence-corrected chi connectivity index (χ1v) is 20.1. The van der Waals surface area contributed by atoms with Gasteiger partial charge in [-0.15, -0.1) is 0 Å². The summed E-state index contributed by atoms with van der Waals surface area (Å²) in [4.78, 5) is 66.3. The van der Waals surface area contributed by atoms with Gasteiger partial charge in [-0.25, -0.2) is 23.2 Å². The molecule has 0 bridgehead atoms. The Morgan fingerprint density at radius 3 is 2.53 bits per heavy atom. The van der Waals surface area contributed by atoms with E-state index in [1.165, 1.54) is 4.90 Å². The van der Waals surface area contributed by atoms with Crippen LogP contribution >= 0.6 is 0 Å². The van der Waals surface area contributed by atoms with Gasteiger partial charge in [0.1, 0.15) is 41.3 Å². The molecule has 2 aromatic rings. The number of benzene rings is 1. The molecule has 3 saturated carbocycles. The lowest BCUT2D eigenvalue weighted by Crippen LogP contribution is -2.58. The molecule has 2 aliphatic heterocycles. The number of ether oxygens (including phenoxy) is 3. The van der Waals surface area contributed by atoms with Crippen molar-refractivity contribution in [3.05, 3.63) is 36.0 Å². The average molecular weight is 753 g/mol. The Hall–Kier alpha value is -4.47. The van der Waals surface area contributed by atoms with Crippen LogP contribution < -0.4 is 24.8 Å². The van der Waals surface area contributed by atoms with Gasteiger partial charge in [0.15, 0.2) is 0 Å². The van der Waals surface area contributed by atoms with Crippen LogP contribution in [0.5, 0.6) is 11.6 Å². The molecular weight excluding hydrogens is 705 g/mol. The highest BCUT2D eigenvalue weighted by Gasteiger charge is 2.63.